The third kappa shape index (κ3) is 5.07. The number of amides is 1. The van der Waals surface area contributed by atoms with Gasteiger partial charge in [0.15, 0.2) is 0 Å². The molecule has 1 aliphatic heterocycles. The molecule has 1 heterocycles. The van der Waals surface area contributed by atoms with Crippen LogP contribution >= 0.6 is 11.8 Å². The quantitative estimate of drug-likeness (QED) is 0.823. The molecule has 0 unspecified atom stereocenters. The first-order chi connectivity index (χ1) is 12.4. The van der Waals surface area contributed by atoms with Gasteiger partial charge in [-0.2, -0.15) is 13.2 Å². The van der Waals surface area contributed by atoms with Gasteiger partial charge < -0.3 is 15.0 Å². The minimum absolute atomic E-state index is 0.221. The smallest absolute Gasteiger partial charge is 0.378 e. The summed E-state index contributed by atoms with van der Waals surface area (Å²) in [6.45, 7) is 2.22. The first-order valence-corrected chi connectivity index (χ1v) is 9.94. The summed E-state index contributed by atoms with van der Waals surface area (Å²) < 4.78 is 44.5. The van der Waals surface area contributed by atoms with Gasteiger partial charge in [0.25, 0.3) is 0 Å². The SMILES string of the molecule is O=C(CSC1CCCC1)Nc1cc(C(F)(F)F)ccc1N1CCOCC1. The Labute approximate surface area is 155 Å². The van der Waals surface area contributed by atoms with Crippen molar-refractivity contribution in [2.75, 3.05) is 42.3 Å². The van der Waals surface area contributed by atoms with Crippen LogP contribution in [-0.4, -0.2) is 43.2 Å². The van der Waals surface area contributed by atoms with E-state index in [9.17, 15) is 18.0 Å². The average Bonchev–Trinajstić information content (AvgIpc) is 3.13. The lowest BCUT2D eigenvalue weighted by Crippen LogP contribution is -2.37. The number of carbonyl (C=O) groups excluding carboxylic acids is 1. The van der Waals surface area contributed by atoms with Gasteiger partial charge >= 0.3 is 6.18 Å². The van der Waals surface area contributed by atoms with Crippen molar-refractivity contribution in [3.05, 3.63) is 23.8 Å². The Balaban J connectivity index is 1.73. The van der Waals surface area contributed by atoms with Gasteiger partial charge in [0.1, 0.15) is 0 Å². The van der Waals surface area contributed by atoms with Crippen LogP contribution in [0.3, 0.4) is 0 Å². The predicted molar refractivity (Wildman–Crippen MR) is 97.8 cm³/mol. The van der Waals surface area contributed by atoms with E-state index in [0.29, 0.717) is 37.2 Å². The van der Waals surface area contributed by atoms with Gasteiger partial charge in [-0.1, -0.05) is 12.8 Å². The Bertz CT molecular complexity index is 627. The van der Waals surface area contributed by atoms with Gasteiger partial charge in [-0.3, -0.25) is 4.79 Å². The highest BCUT2D eigenvalue weighted by molar-refractivity contribution is 8.00. The van der Waals surface area contributed by atoms with Gasteiger partial charge in [-0.05, 0) is 31.0 Å². The van der Waals surface area contributed by atoms with Crippen molar-refractivity contribution < 1.29 is 22.7 Å². The molecule has 0 aromatic heterocycles. The molecule has 0 atom stereocenters. The zero-order valence-corrected chi connectivity index (χ0v) is 15.3. The third-order valence-electron chi connectivity index (χ3n) is 4.70. The number of morpholine rings is 1. The third-order valence-corrected chi connectivity index (χ3v) is 6.07. The number of alkyl halides is 3. The first kappa shape index (κ1) is 19.4. The molecule has 2 fully saturated rings. The Hall–Kier alpha value is -1.41. The van der Waals surface area contributed by atoms with E-state index in [2.05, 4.69) is 5.32 Å². The lowest BCUT2D eigenvalue weighted by molar-refractivity contribution is -0.137. The van der Waals surface area contributed by atoms with Gasteiger partial charge in [-0.15, -0.1) is 11.8 Å². The van der Waals surface area contributed by atoms with Crippen LogP contribution in [0.25, 0.3) is 0 Å². The highest BCUT2D eigenvalue weighted by Gasteiger charge is 2.32. The van der Waals surface area contributed by atoms with E-state index in [1.165, 1.54) is 18.9 Å². The van der Waals surface area contributed by atoms with Crippen molar-refractivity contribution >= 4 is 29.0 Å². The maximum atomic E-state index is 13.1. The summed E-state index contributed by atoms with van der Waals surface area (Å²) in [4.78, 5) is 14.3. The van der Waals surface area contributed by atoms with Crippen LogP contribution in [0, 0.1) is 0 Å². The molecule has 1 saturated carbocycles. The highest BCUT2D eigenvalue weighted by Crippen LogP contribution is 2.36. The monoisotopic (exact) mass is 388 g/mol. The topological polar surface area (TPSA) is 41.6 Å². The van der Waals surface area contributed by atoms with Gasteiger partial charge in [0.05, 0.1) is 35.9 Å². The second kappa shape index (κ2) is 8.52. The summed E-state index contributed by atoms with van der Waals surface area (Å²) in [5.74, 6) is 0.0134. The van der Waals surface area contributed by atoms with E-state index in [-0.39, 0.29) is 17.3 Å². The molecule has 0 spiro atoms. The number of thioether (sulfide) groups is 1. The van der Waals surface area contributed by atoms with Crippen LogP contribution in [0.2, 0.25) is 0 Å². The number of ether oxygens (including phenoxy) is 1. The summed E-state index contributed by atoms with van der Waals surface area (Å²) in [7, 11) is 0. The molecule has 1 amide bonds. The molecule has 2 aliphatic rings. The molecular weight excluding hydrogens is 365 g/mol. The molecule has 3 rings (SSSR count). The fourth-order valence-corrected chi connectivity index (χ4v) is 4.45. The summed E-state index contributed by atoms with van der Waals surface area (Å²) in [6.07, 6.45) is 0.158. The van der Waals surface area contributed by atoms with Crippen LogP contribution < -0.4 is 10.2 Å². The zero-order chi connectivity index (χ0) is 18.6. The Morgan fingerprint density at radius 3 is 2.58 bits per heavy atom. The Morgan fingerprint density at radius 2 is 1.92 bits per heavy atom. The molecule has 1 aliphatic carbocycles. The molecule has 1 N–H and O–H groups in total. The number of anilines is 2. The zero-order valence-electron chi connectivity index (χ0n) is 14.5. The number of halogens is 3. The van der Waals surface area contributed by atoms with Crippen molar-refractivity contribution in [3.8, 4) is 0 Å². The minimum atomic E-state index is -4.44. The molecule has 1 aromatic carbocycles. The molecule has 4 nitrogen and oxygen atoms in total. The number of carbonyl (C=O) groups is 1. The number of nitrogens with zero attached hydrogens (tertiary/aromatic N) is 1. The van der Waals surface area contributed by atoms with E-state index < -0.39 is 11.7 Å². The van der Waals surface area contributed by atoms with Crippen molar-refractivity contribution in [2.24, 2.45) is 0 Å². The number of hydrogen-bond acceptors (Lipinski definition) is 4. The normalized spacial score (nSPS) is 19.0. The number of rotatable bonds is 5. The minimum Gasteiger partial charge on any atom is -0.378 e. The van der Waals surface area contributed by atoms with Crippen molar-refractivity contribution in [2.45, 2.75) is 37.1 Å². The van der Waals surface area contributed by atoms with E-state index in [0.717, 1.165) is 25.0 Å². The van der Waals surface area contributed by atoms with Crippen molar-refractivity contribution in [1.82, 2.24) is 0 Å². The van der Waals surface area contributed by atoms with Crippen LogP contribution in [0.1, 0.15) is 31.2 Å². The highest BCUT2D eigenvalue weighted by atomic mass is 32.2. The van der Waals surface area contributed by atoms with Gasteiger partial charge in [0.2, 0.25) is 5.91 Å². The van der Waals surface area contributed by atoms with E-state index in [1.54, 1.807) is 11.8 Å². The van der Waals surface area contributed by atoms with Gasteiger partial charge in [0, 0.05) is 18.3 Å². The van der Waals surface area contributed by atoms with Gasteiger partial charge in [-0.25, -0.2) is 0 Å². The van der Waals surface area contributed by atoms with Crippen LogP contribution in [0.5, 0.6) is 0 Å². The molecule has 0 bridgehead atoms. The maximum Gasteiger partial charge on any atom is 0.416 e. The van der Waals surface area contributed by atoms with Crippen LogP contribution in [0.15, 0.2) is 18.2 Å². The molecule has 1 saturated heterocycles. The number of hydrogen-bond donors (Lipinski definition) is 1. The van der Waals surface area contributed by atoms with E-state index in [4.69, 9.17) is 4.74 Å². The summed E-state index contributed by atoms with van der Waals surface area (Å²) in [5.41, 5.74) is 0.0764. The molecule has 144 valence electrons. The largest absolute Gasteiger partial charge is 0.416 e. The lowest BCUT2D eigenvalue weighted by atomic mass is 10.1. The number of nitrogens with one attached hydrogen (secondary N) is 1. The van der Waals surface area contributed by atoms with E-state index >= 15 is 0 Å². The van der Waals surface area contributed by atoms with Crippen molar-refractivity contribution in [3.63, 3.8) is 0 Å². The fraction of sp³-hybridized carbons (Fsp3) is 0.611. The fourth-order valence-electron chi connectivity index (χ4n) is 3.33. The Kier molecular flexibility index (Phi) is 6.34. The van der Waals surface area contributed by atoms with Crippen molar-refractivity contribution in [1.29, 1.82) is 0 Å². The molecule has 8 heteroatoms. The standard InChI is InChI=1S/C18H23F3N2O2S/c19-18(20,21)13-5-6-16(23-7-9-25-10-8-23)15(11-13)22-17(24)12-26-14-3-1-2-4-14/h5-6,11,14H,1-4,7-10,12H2,(H,22,24). The Morgan fingerprint density at radius 1 is 1.23 bits per heavy atom. The summed E-state index contributed by atoms with van der Waals surface area (Å²) >= 11 is 1.59. The number of benzene rings is 1. The summed E-state index contributed by atoms with van der Waals surface area (Å²) in [6, 6.07) is 3.53. The maximum absolute atomic E-state index is 13.1. The molecule has 0 radical (unpaired) electrons. The second-order valence-electron chi connectivity index (χ2n) is 6.59. The molecule has 1 aromatic rings. The second-order valence-corrected chi connectivity index (χ2v) is 7.88. The first-order valence-electron chi connectivity index (χ1n) is 8.89. The van der Waals surface area contributed by atoms with Crippen LogP contribution in [0.4, 0.5) is 24.5 Å². The summed E-state index contributed by atoms with van der Waals surface area (Å²) in [5, 5.41) is 3.19. The molecular formula is C18H23F3N2O2S. The lowest BCUT2D eigenvalue weighted by Gasteiger charge is -2.31. The predicted octanol–water partition coefficient (Wildman–Crippen LogP) is 4.16. The molecule has 26 heavy (non-hydrogen) atoms. The van der Waals surface area contributed by atoms with Crippen LogP contribution in [-0.2, 0) is 15.7 Å². The van der Waals surface area contributed by atoms with E-state index in [1.807, 2.05) is 4.90 Å². The average molecular weight is 388 g/mol.